The average molecular weight is 384 g/mol. The van der Waals surface area contributed by atoms with Crippen LogP contribution in [0.15, 0.2) is 91.0 Å². The lowest BCUT2D eigenvalue weighted by molar-refractivity contribution is 0.562. The lowest BCUT2D eigenvalue weighted by Crippen LogP contribution is -2.29. The van der Waals surface area contributed by atoms with Crippen molar-refractivity contribution in [1.29, 1.82) is 0 Å². The molecule has 3 aromatic rings. The summed E-state index contributed by atoms with van der Waals surface area (Å²) < 4.78 is 14.9. The molecule has 1 fully saturated rings. The van der Waals surface area contributed by atoms with Crippen molar-refractivity contribution in [2.45, 2.75) is 25.4 Å². The highest BCUT2D eigenvalue weighted by atomic mass is 31.2. The van der Waals surface area contributed by atoms with Crippen molar-refractivity contribution in [3.05, 3.63) is 102 Å². The number of hydrogen-bond donors (Lipinski definition) is 0. The monoisotopic (exact) mass is 384 g/mol. The maximum atomic E-state index is 14.9. The van der Waals surface area contributed by atoms with Gasteiger partial charge in [0.05, 0.1) is 0 Å². The zero-order chi connectivity index (χ0) is 19.1. The number of allylic oxidation sites excluding steroid dienone is 2. The zero-order valence-corrected chi connectivity index (χ0v) is 17.1. The first-order chi connectivity index (χ1) is 13.7. The van der Waals surface area contributed by atoms with E-state index in [1.807, 2.05) is 36.4 Å². The molecule has 3 atom stereocenters. The predicted octanol–water partition coefficient (Wildman–Crippen LogP) is 5.80. The van der Waals surface area contributed by atoms with E-state index in [9.17, 15) is 4.57 Å². The average Bonchev–Trinajstić information content (AvgIpc) is 3.33. The lowest BCUT2D eigenvalue weighted by atomic mass is 9.90. The molecule has 140 valence electrons. The van der Waals surface area contributed by atoms with E-state index < -0.39 is 7.14 Å². The Kier molecular flexibility index (Phi) is 4.37. The van der Waals surface area contributed by atoms with Crippen LogP contribution in [0.1, 0.15) is 24.0 Å². The van der Waals surface area contributed by atoms with E-state index in [2.05, 4.69) is 61.5 Å². The number of hydrogen-bond acceptors (Lipinski definition) is 1. The van der Waals surface area contributed by atoms with Gasteiger partial charge in [0.15, 0.2) is 0 Å². The summed E-state index contributed by atoms with van der Waals surface area (Å²) in [5.74, 6) is 0.767. The van der Waals surface area contributed by atoms with Crippen LogP contribution in [0.25, 0.3) is 5.57 Å². The van der Waals surface area contributed by atoms with Crippen molar-refractivity contribution in [3.8, 4) is 0 Å². The van der Waals surface area contributed by atoms with Crippen LogP contribution < -0.4 is 10.6 Å². The fourth-order valence-electron chi connectivity index (χ4n) is 5.39. The molecule has 0 radical (unpaired) electrons. The Morgan fingerprint density at radius 2 is 1.32 bits per heavy atom. The smallest absolute Gasteiger partial charge is 0.147 e. The van der Waals surface area contributed by atoms with E-state index in [1.54, 1.807) is 0 Å². The van der Waals surface area contributed by atoms with Crippen LogP contribution in [0.5, 0.6) is 0 Å². The van der Waals surface area contributed by atoms with Gasteiger partial charge in [-0.05, 0) is 48.3 Å². The molecule has 3 aromatic carbocycles. The van der Waals surface area contributed by atoms with Gasteiger partial charge in [-0.3, -0.25) is 0 Å². The molecule has 2 heteroatoms. The van der Waals surface area contributed by atoms with Gasteiger partial charge in [-0.1, -0.05) is 91.0 Å². The molecular weight excluding hydrogens is 359 g/mol. The molecule has 28 heavy (non-hydrogen) atoms. The van der Waals surface area contributed by atoms with E-state index in [4.69, 9.17) is 0 Å². The third-order valence-electron chi connectivity index (χ3n) is 6.61. The number of rotatable bonds is 4. The highest BCUT2D eigenvalue weighted by molar-refractivity contribution is 7.79. The summed E-state index contributed by atoms with van der Waals surface area (Å²) in [5, 5.41) is 2.00. The standard InChI is InChI=1S/C26H25OP/c1-19-10-8-9-15-23(19)25-18-20-16-17-24(25)26(20)28(27,21-11-4-2-5-12-21)22-13-6-3-7-14-22/h2-15,18,20,24,26H,16-17H2,1H3. The van der Waals surface area contributed by atoms with Gasteiger partial charge in [0.2, 0.25) is 0 Å². The van der Waals surface area contributed by atoms with Gasteiger partial charge < -0.3 is 4.57 Å². The summed E-state index contributed by atoms with van der Waals surface area (Å²) in [4.78, 5) is 0. The van der Waals surface area contributed by atoms with Gasteiger partial charge >= 0.3 is 0 Å². The van der Waals surface area contributed by atoms with Crippen LogP contribution in [0.4, 0.5) is 0 Å². The third kappa shape index (κ3) is 2.65. The fraction of sp³-hybridized carbons (Fsp3) is 0.231. The lowest BCUT2D eigenvalue weighted by Gasteiger charge is -2.30. The summed E-state index contributed by atoms with van der Waals surface area (Å²) in [6.45, 7) is 2.19. The normalized spacial score (nSPS) is 23.6. The third-order valence-corrected chi connectivity index (χ3v) is 10.3. The highest BCUT2D eigenvalue weighted by Crippen LogP contribution is 2.65. The molecule has 2 aliphatic rings. The maximum absolute atomic E-state index is 14.9. The first-order valence-corrected chi connectivity index (χ1v) is 12.0. The second-order valence-corrected chi connectivity index (χ2v) is 11.0. The van der Waals surface area contributed by atoms with Crippen LogP contribution in [-0.4, -0.2) is 5.66 Å². The molecule has 3 unspecified atom stereocenters. The Hall–Kier alpha value is -2.37. The van der Waals surface area contributed by atoms with Crippen molar-refractivity contribution in [1.82, 2.24) is 0 Å². The van der Waals surface area contributed by atoms with E-state index in [0.717, 1.165) is 23.5 Å². The van der Waals surface area contributed by atoms with Crippen LogP contribution in [0.2, 0.25) is 0 Å². The Morgan fingerprint density at radius 1 is 0.750 bits per heavy atom. The Morgan fingerprint density at radius 3 is 1.93 bits per heavy atom. The summed E-state index contributed by atoms with van der Waals surface area (Å²) in [5.41, 5.74) is 4.25. The molecule has 0 aliphatic heterocycles. The van der Waals surface area contributed by atoms with Gasteiger partial charge in [0.25, 0.3) is 0 Å². The predicted molar refractivity (Wildman–Crippen MR) is 119 cm³/mol. The Balaban J connectivity index is 1.65. The molecule has 0 N–H and O–H groups in total. The summed E-state index contributed by atoms with van der Waals surface area (Å²) in [6.07, 6.45) is 4.73. The van der Waals surface area contributed by atoms with E-state index in [-0.39, 0.29) is 5.66 Å². The van der Waals surface area contributed by atoms with E-state index in [0.29, 0.717) is 11.8 Å². The van der Waals surface area contributed by atoms with Gasteiger partial charge in [0, 0.05) is 16.3 Å². The molecule has 5 rings (SSSR count). The maximum Gasteiger partial charge on any atom is 0.147 e. The minimum absolute atomic E-state index is 0.173. The number of fused-ring (bicyclic) bond motifs is 2. The molecule has 0 aromatic heterocycles. The van der Waals surface area contributed by atoms with Gasteiger partial charge in [-0.25, -0.2) is 0 Å². The van der Waals surface area contributed by atoms with Crippen LogP contribution >= 0.6 is 7.14 Å². The molecular formula is C26H25OP. The largest absolute Gasteiger partial charge is 0.313 e. The highest BCUT2D eigenvalue weighted by Gasteiger charge is 2.53. The molecule has 1 nitrogen and oxygen atoms in total. The van der Waals surface area contributed by atoms with Gasteiger partial charge in [-0.15, -0.1) is 0 Å². The molecule has 0 heterocycles. The molecule has 0 saturated heterocycles. The molecule has 1 saturated carbocycles. The van der Waals surface area contributed by atoms with Crippen LogP contribution in [0, 0.1) is 18.8 Å². The minimum atomic E-state index is -2.75. The van der Waals surface area contributed by atoms with Crippen molar-refractivity contribution < 1.29 is 4.57 Å². The van der Waals surface area contributed by atoms with Gasteiger partial charge in [0.1, 0.15) is 7.14 Å². The SMILES string of the molecule is Cc1ccccc1C1=CC2CCC1C2P(=O)(c1ccccc1)c1ccccc1. The van der Waals surface area contributed by atoms with E-state index >= 15 is 0 Å². The number of benzene rings is 3. The molecule has 0 spiro atoms. The van der Waals surface area contributed by atoms with Crippen molar-refractivity contribution >= 4 is 23.3 Å². The summed E-state index contributed by atoms with van der Waals surface area (Å²) in [6, 6.07) is 29.0. The minimum Gasteiger partial charge on any atom is -0.313 e. The first kappa shape index (κ1) is 17.7. The zero-order valence-electron chi connectivity index (χ0n) is 16.2. The molecule has 2 bridgehead atoms. The molecule has 2 aliphatic carbocycles. The van der Waals surface area contributed by atoms with E-state index in [1.165, 1.54) is 16.7 Å². The Labute approximate surface area is 167 Å². The summed E-state index contributed by atoms with van der Waals surface area (Å²) in [7, 11) is -2.75. The topological polar surface area (TPSA) is 17.1 Å². The van der Waals surface area contributed by atoms with Crippen molar-refractivity contribution in [2.75, 3.05) is 0 Å². The summed E-state index contributed by atoms with van der Waals surface area (Å²) >= 11 is 0. The second-order valence-electron chi connectivity index (χ2n) is 8.10. The van der Waals surface area contributed by atoms with Crippen molar-refractivity contribution in [2.24, 2.45) is 11.8 Å². The Bertz CT molecular complexity index is 1020. The van der Waals surface area contributed by atoms with Crippen LogP contribution in [-0.2, 0) is 4.57 Å². The second kappa shape index (κ2) is 6.90. The first-order valence-electron chi connectivity index (χ1n) is 10.2. The molecule has 0 amide bonds. The van der Waals surface area contributed by atoms with Gasteiger partial charge in [-0.2, -0.15) is 0 Å². The number of aryl methyl sites for hydroxylation is 1. The fourth-order valence-corrected chi connectivity index (χ4v) is 9.20. The van der Waals surface area contributed by atoms with Crippen molar-refractivity contribution in [3.63, 3.8) is 0 Å². The van der Waals surface area contributed by atoms with Crippen LogP contribution in [0.3, 0.4) is 0 Å². The quantitative estimate of drug-likeness (QED) is 0.520.